The summed E-state index contributed by atoms with van der Waals surface area (Å²) in [5.74, 6) is 2.41. The van der Waals surface area contributed by atoms with Crippen LogP contribution in [0.15, 0.2) is 0 Å². The summed E-state index contributed by atoms with van der Waals surface area (Å²) in [4.78, 5) is 10.6. The van der Waals surface area contributed by atoms with Crippen molar-refractivity contribution in [2.24, 2.45) is 0 Å². The van der Waals surface area contributed by atoms with E-state index in [4.69, 9.17) is 0 Å². The SMILES string of the molecule is CC(=O)S[C@H]1CCSC1. The molecule has 1 nitrogen and oxygen atoms in total. The molecular weight excluding hydrogens is 152 g/mol. The Morgan fingerprint density at radius 2 is 2.56 bits per heavy atom. The van der Waals surface area contributed by atoms with Crippen molar-refractivity contribution in [1.82, 2.24) is 0 Å². The Bertz CT molecular complexity index is 108. The van der Waals surface area contributed by atoms with Gasteiger partial charge < -0.3 is 0 Å². The molecule has 1 aliphatic rings. The van der Waals surface area contributed by atoms with Crippen molar-refractivity contribution < 1.29 is 4.79 Å². The number of carbonyl (C=O) groups excluding carboxylic acids is 1. The first kappa shape index (κ1) is 7.48. The molecule has 1 heterocycles. The standard InChI is InChI=1S/C6H10OS2/c1-5(7)9-6-2-3-8-4-6/h6H,2-4H2,1H3/t6-/m0/s1. The lowest BCUT2D eigenvalue weighted by molar-refractivity contribution is -0.109. The fourth-order valence-corrected chi connectivity index (χ4v) is 3.30. The predicted octanol–water partition coefficient (Wildman–Crippen LogP) is 1.77. The van der Waals surface area contributed by atoms with Crippen LogP contribution >= 0.6 is 23.5 Å². The maximum absolute atomic E-state index is 10.6. The molecule has 9 heavy (non-hydrogen) atoms. The second-order valence-corrected chi connectivity index (χ2v) is 4.72. The van der Waals surface area contributed by atoms with E-state index in [2.05, 4.69) is 0 Å². The molecule has 0 amide bonds. The number of hydrogen-bond acceptors (Lipinski definition) is 3. The number of rotatable bonds is 1. The topological polar surface area (TPSA) is 17.1 Å². The average molecular weight is 162 g/mol. The first-order chi connectivity index (χ1) is 4.29. The van der Waals surface area contributed by atoms with Crippen molar-refractivity contribution in [3.8, 4) is 0 Å². The van der Waals surface area contributed by atoms with Gasteiger partial charge in [0.1, 0.15) is 0 Å². The molecule has 0 N–H and O–H groups in total. The van der Waals surface area contributed by atoms with E-state index in [1.165, 1.54) is 29.7 Å². The van der Waals surface area contributed by atoms with Gasteiger partial charge in [-0.3, -0.25) is 4.79 Å². The molecule has 0 bridgehead atoms. The minimum Gasteiger partial charge on any atom is -0.288 e. The van der Waals surface area contributed by atoms with E-state index in [0.29, 0.717) is 5.25 Å². The molecule has 1 rings (SSSR count). The number of hydrogen-bond donors (Lipinski definition) is 0. The third kappa shape index (κ3) is 2.63. The summed E-state index contributed by atoms with van der Waals surface area (Å²) in [6.45, 7) is 1.65. The molecule has 0 aromatic carbocycles. The smallest absolute Gasteiger partial charge is 0.186 e. The maximum Gasteiger partial charge on any atom is 0.186 e. The first-order valence-electron chi connectivity index (χ1n) is 3.04. The summed E-state index contributed by atoms with van der Waals surface area (Å²) in [6.07, 6.45) is 1.22. The molecule has 3 heteroatoms. The predicted molar refractivity (Wildman–Crippen MR) is 44.0 cm³/mol. The molecule has 1 fully saturated rings. The highest BCUT2D eigenvalue weighted by atomic mass is 32.2. The van der Waals surface area contributed by atoms with Crippen molar-refractivity contribution in [2.75, 3.05) is 11.5 Å². The third-order valence-corrected chi connectivity index (χ3v) is 3.66. The Kier molecular flexibility index (Phi) is 2.92. The van der Waals surface area contributed by atoms with Crippen LogP contribution in [0.3, 0.4) is 0 Å². The fraction of sp³-hybridized carbons (Fsp3) is 0.833. The zero-order valence-electron chi connectivity index (χ0n) is 5.42. The highest BCUT2D eigenvalue weighted by Crippen LogP contribution is 2.27. The quantitative estimate of drug-likeness (QED) is 0.585. The van der Waals surface area contributed by atoms with Gasteiger partial charge in [-0.2, -0.15) is 11.8 Å². The number of thioether (sulfide) groups is 2. The number of carbonyl (C=O) groups is 1. The fourth-order valence-electron chi connectivity index (χ4n) is 0.841. The second kappa shape index (κ2) is 3.52. The average Bonchev–Trinajstić information content (AvgIpc) is 2.15. The van der Waals surface area contributed by atoms with Crippen LogP contribution in [0.1, 0.15) is 13.3 Å². The molecule has 0 aliphatic carbocycles. The van der Waals surface area contributed by atoms with Gasteiger partial charge in [-0.25, -0.2) is 0 Å². The summed E-state index contributed by atoms with van der Waals surface area (Å²) < 4.78 is 0. The van der Waals surface area contributed by atoms with E-state index in [1.54, 1.807) is 6.92 Å². The van der Waals surface area contributed by atoms with Crippen molar-refractivity contribution in [3.05, 3.63) is 0 Å². The summed E-state index contributed by atoms with van der Waals surface area (Å²) in [7, 11) is 0. The van der Waals surface area contributed by atoms with Crippen molar-refractivity contribution in [2.45, 2.75) is 18.6 Å². The highest BCUT2D eigenvalue weighted by molar-refractivity contribution is 8.15. The van der Waals surface area contributed by atoms with Gasteiger partial charge >= 0.3 is 0 Å². The van der Waals surface area contributed by atoms with Gasteiger partial charge in [0.2, 0.25) is 0 Å². The zero-order chi connectivity index (χ0) is 6.69. The minimum absolute atomic E-state index is 0.266. The Hall–Kier alpha value is 0.370. The molecule has 52 valence electrons. The Balaban J connectivity index is 2.19. The molecule has 0 saturated carbocycles. The monoisotopic (exact) mass is 162 g/mol. The van der Waals surface area contributed by atoms with Crippen LogP contribution in [0.25, 0.3) is 0 Å². The van der Waals surface area contributed by atoms with Crippen LogP contribution in [-0.4, -0.2) is 21.9 Å². The maximum atomic E-state index is 10.6. The summed E-state index contributed by atoms with van der Waals surface area (Å²) in [5, 5.41) is 0.884. The lowest BCUT2D eigenvalue weighted by Crippen LogP contribution is -2.01. The Morgan fingerprint density at radius 3 is 3.00 bits per heavy atom. The molecule has 1 saturated heterocycles. The normalized spacial score (nSPS) is 26.6. The van der Waals surface area contributed by atoms with Gasteiger partial charge in [0.25, 0.3) is 0 Å². The Morgan fingerprint density at radius 1 is 1.78 bits per heavy atom. The van der Waals surface area contributed by atoms with Gasteiger partial charge in [0, 0.05) is 17.9 Å². The molecule has 0 aromatic heterocycles. The zero-order valence-corrected chi connectivity index (χ0v) is 7.06. The summed E-state index contributed by atoms with van der Waals surface area (Å²) >= 11 is 3.45. The van der Waals surface area contributed by atoms with Gasteiger partial charge in [-0.1, -0.05) is 11.8 Å². The van der Waals surface area contributed by atoms with E-state index >= 15 is 0 Å². The summed E-state index contributed by atoms with van der Waals surface area (Å²) in [5.41, 5.74) is 0. The highest BCUT2D eigenvalue weighted by Gasteiger charge is 2.16. The van der Waals surface area contributed by atoms with E-state index in [-0.39, 0.29) is 5.12 Å². The van der Waals surface area contributed by atoms with E-state index in [1.807, 2.05) is 11.8 Å². The summed E-state index contributed by atoms with van der Waals surface area (Å²) in [6, 6.07) is 0. The van der Waals surface area contributed by atoms with Crippen LogP contribution in [0, 0.1) is 0 Å². The molecule has 0 unspecified atom stereocenters. The Labute approximate surface area is 64.0 Å². The van der Waals surface area contributed by atoms with Gasteiger partial charge in [-0.15, -0.1) is 0 Å². The van der Waals surface area contributed by atoms with Crippen molar-refractivity contribution in [1.29, 1.82) is 0 Å². The second-order valence-electron chi connectivity index (χ2n) is 2.10. The largest absolute Gasteiger partial charge is 0.288 e. The van der Waals surface area contributed by atoms with Gasteiger partial charge in [0.05, 0.1) is 0 Å². The third-order valence-electron chi connectivity index (χ3n) is 1.22. The van der Waals surface area contributed by atoms with Crippen molar-refractivity contribution in [3.63, 3.8) is 0 Å². The molecule has 0 radical (unpaired) electrons. The van der Waals surface area contributed by atoms with Gasteiger partial charge in [0.15, 0.2) is 5.12 Å². The lowest BCUT2D eigenvalue weighted by atomic mass is 10.4. The first-order valence-corrected chi connectivity index (χ1v) is 5.07. The van der Waals surface area contributed by atoms with Crippen LogP contribution in [0.5, 0.6) is 0 Å². The van der Waals surface area contributed by atoms with E-state index in [9.17, 15) is 4.79 Å². The molecule has 0 aromatic rings. The molecule has 1 atom stereocenters. The molecular formula is C6H10OS2. The van der Waals surface area contributed by atoms with Gasteiger partial charge in [-0.05, 0) is 12.2 Å². The van der Waals surface area contributed by atoms with E-state index in [0.717, 1.165) is 0 Å². The minimum atomic E-state index is 0.266. The molecule has 0 spiro atoms. The van der Waals surface area contributed by atoms with Crippen LogP contribution < -0.4 is 0 Å². The lowest BCUT2D eigenvalue weighted by Gasteiger charge is -2.01. The van der Waals surface area contributed by atoms with Crippen LogP contribution in [0.2, 0.25) is 0 Å². The van der Waals surface area contributed by atoms with Crippen LogP contribution in [-0.2, 0) is 4.79 Å². The molecule has 1 aliphatic heterocycles. The van der Waals surface area contributed by atoms with E-state index < -0.39 is 0 Å². The van der Waals surface area contributed by atoms with Crippen LogP contribution in [0.4, 0.5) is 0 Å². The van der Waals surface area contributed by atoms with Crippen molar-refractivity contribution >= 4 is 28.6 Å².